The molecular formula is C21H28N2O6. The molecule has 2 saturated heterocycles. The molecule has 2 aliphatic heterocycles. The molecule has 0 bridgehead atoms. The molecule has 3 rings (SSSR count). The van der Waals surface area contributed by atoms with E-state index in [9.17, 15) is 29.7 Å². The second-order valence-electron chi connectivity index (χ2n) is 8.94. The third kappa shape index (κ3) is 3.15. The van der Waals surface area contributed by atoms with Gasteiger partial charge in [0.1, 0.15) is 5.54 Å². The average Bonchev–Trinajstić information content (AvgIpc) is 3.10. The number of carbonyl (C=O) groups excluding carboxylic acids is 2. The van der Waals surface area contributed by atoms with Crippen LogP contribution in [0.15, 0.2) is 18.2 Å². The Morgan fingerprint density at radius 3 is 2.34 bits per heavy atom. The minimum atomic E-state index is -1.58. The van der Waals surface area contributed by atoms with Gasteiger partial charge < -0.3 is 15.3 Å². The van der Waals surface area contributed by atoms with E-state index in [1.807, 2.05) is 6.92 Å². The first-order valence-electron chi connectivity index (χ1n) is 9.86. The van der Waals surface area contributed by atoms with Crippen LogP contribution in [-0.2, 0) is 14.4 Å². The van der Waals surface area contributed by atoms with Gasteiger partial charge in [-0.1, -0.05) is 25.8 Å². The van der Waals surface area contributed by atoms with E-state index in [0.717, 1.165) is 6.42 Å². The zero-order valence-electron chi connectivity index (χ0n) is 17.1. The van der Waals surface area contributed by atoms with Crippen LogP contribution in [0.2, 0.25) is 0 Å². The number of hydrogen-bond donors (Lipinski definition) is 4. The Morgan fingerprint density at radius 2 is 1.83 bits per heavy atom. The summed E-state index contributed by atoms with van der Waals surface area (Å²) in [5.74, 6) is -4.70. The van der Waals surface area contributed by atoms with Crippen molar-refractivity contribution in [1.82, 2.24) is 10.2 Å². The molecule has 158 valence electrons. The van der Waals surface area contributed by atoms with Crippen molar-refractivity contribution in [2.45, 2.75) is 64.1 Å². The lowest BCUT2D eigenvalue weighted by Gasteiger charge is -2.35. The molecule has 2 aliphatic rings. The summed E-state index contributed by atoms with van der Waals surface area (Å²) in [5.41, 5.74) is -1.91. The molecule has 4 unspecified atom stereocenters. The number of amides is 2. The Bertz CT molecular complexity index is 861. The lowest BCUT2D eigenvalue weighted by Crippen LogP contribution is -2.57. The number of carbonyl (C=O) groups is 3. The molecule has 8 nitrogen and oxygen atoms in total. The van der Waals surface area contributed by atoms with Gasteiger partial charge in [0.2, 0.25) is 11.8 Å². The van der Waals surface area contributed by atoms with E-state index >= 15 is 0 Å². The molecule has 2 heterocycles. The standard InChI is InChI=1S/C21H28N2O6/c1-5-6-9-21(19(28)29)15-14(17(26)23(18(15)27)20(2,3)4)16(22-21)11-7-8-12(24)13(25)10-11/h7-8,10,14-16,22,24-25H,5-6,9H2,1-4H3,(H,28,29). The number of benzene rings is 1. The molecule has 1 aromatic rings. The first kappa shape index (κ1) is 21.1. The van der Waals surface area contributed by atoms with E-state index < -0.39 is 46.7 Å². The highest BCUT2D eigenvalue weighted by Gasteiger charge is 2.69. The maximum absolute atomic E-state index is 13.3. The van der Waals surface area contributed by atoms with Gasteiger partial charge in [-0.25, -0.2) is 0 Å². The highest BCUT2D eigenvalue weighted by Crippen LogP contribution is 2.52. The lowest BCUT2D eigenvalue weighted by atomic mass is 9.76. The smallest absolute Gasteiger partial charge is 0.324 e. The number of nitrogens with one attached hydrogen (secondary N) is 1. The van der Waals surface area contributed by atoms with Crippen LogP contribution < -0.4 is 5.32 Å². The molecule has 0 saturated carbocycles. The molecular weight excluding hydrogens is 376 g/mol. The number of hydrogen-bond acceptors (Lipinski definition) is 6. The predicted molar refractivity (Wildman–Crippen MR) is 104 cm³/mol. The number of phenols is 2. The minimum absolute atomic E-state index is 0.206. The van der Waals surface area contributed by atoms with Crippen LogP contribution in [0.1, 0.15) is 58.6 Å². The quantitative estimate of drug-likeness (QED) is 0.437. The van der Waals surface area contributed by atoms with Gasteiger partial charge in [-0.3, -0.25) is 24.6 Å². The van der Waals surface area contributed by atoms with Gasteiger partial charge in [-0.15, -0.1) is 0 Å². The van der Waals surface area contributed by atoms with Crippen LogP contribution in [0.3, 0.4) is 0 Å². The van der Waals surface area contributed by atoms with E-state index in [-0.39, 0.29) is 17.9 Å². The largest absolute Gasteiger partial charge is 0.504 e. The Kier molecular flexibility index (Phi) is 5.11. The monoisotopic (exact) mass is 404 g/mol. The van der Waals surface area contributed by atoms with Crippen molar-refractivity contribution < 1.29 is 29.7 Å². The summed E-state index contributed by atoms with van der Waals surface area (Å²) in [6.07, 6.45) is 1.52. The van der Waals surface area contributed by atoms with Crippen LogP contribution in [0.5, 0.6) is 11.5 Å². The molecule has 29 heavy (non-hydrogen) atoms. The minimum Gasteiger partial charge on any atom is -0.504 e. The average molecular weight is 404 g/mol. The van der Waals surface area contributed by atoms with Gasteiger partial charge in [0.05, 0.1) is 11.8 Å². The fourth-order valence-corrected chi connectivity index (χ4v) is 4.67. The van der Waals surface area contributed by atoms with Crippen molar-refractivity contribution >= 4 is 17.8 Å². The predicted octanol–water partition coefficient (Wildman–Crippen LogP) is 2.16. The number of nitrogens with zero attached hydrogens (tertiary/aromatic N) is 1. The van der Waals surface area contributed by atoms with Crippen LogP contribution in [0, 0.1) is 11.8 Å². The Morgan fingerprint density at radius 1 is 1.17 bits per heavy atom. The van der Waals surface area contributed by atoms with E-state index in [1.165, 1.54) is 23.1 Å². The number of rotatable bonds is 5. The van der Waals surface area contributed by atoms with Crippen LogP contribution in [0.4, 0.5) is 0 Å². The SMILES string of the molecule is CCCCC1(C(=O)O)NC(c2ccc(O)c(O)c2)C2C(=O)N(C(C)(C)C)C(=O)C21. The summed E-state index contributed by atoms with van der Waals surface area (Å²) in [6.45, 7) is 7.16. The molecule has 0 spiro atoms. The van der Waals surface area contributed by atoms with Crippen LogP contribution in [0.25, 0.3) is 0 Å². The van der Waals surface area contributed by atoms with E-state index in [1.54, 1.807) is 20.8 Å². The second kappa shape index (κ2) is 7.02. The van der Waals surface area contributed by atoms with Gasteiger partial charge in [-0.05, 0) is 44.9 Å². The summed E-state index contributed by atoms with van der Waals surface area (Å²) in [7, 11) is 0. The van der Waals surface area contributed by atoms with E-state index in [4.69, 9.17) is 0 Å². The molecule has 1 aromatic carbocycles. The summed E-state index contributed by atoms with van der Waals surface area (Å²) >= 11 is 0. The van der Waals surface area contributed by atoms with Gasteiger partial charge in [0.25, 0.3) is 0 Å². The zero-order valence-corrected chi connectivity index (χ0v) is 17.1. The normalized spacial score (nSPS) is 29.4. The number of carboxylic acids is 1. The second-order valence-corrected chi connectivity index (χ2v) is 8.94. The van der Waals surface area contributed by atoms with Crippen molar-refractivity contribution in [2.24, 2.45) is 11.8 Å². The highest BCUT2D eigenvalue weighted by molar-refractivity contribution is 6.10. The number of imide groups is 1. The fourth-order valence-electron chi connectivity index (χ4n) is 4.67. The van der Waals surface area contributed by atoms with E-state index in [0.29, 0.717) is 12.0 Å². The van der Waals surface area contributed by atoms with Crippen molar-refractivity contribution in [2.75, 3.05) is 0 Å². The first-order chi connectivity index (χ1) is 13.5. The number of aliphatic carboxylic acids is 1. The van der Waals surface area contributed by atoms with Gasteiger partial charge in [0, 0.05) is 11.6 Å². The Labute approximate surface area is 169 Å². The molecule has 0 aromatic heterocycles. The number of carboxylic acid groups (broad SMARTS) is 1. The molecule has 4 atom stereocenters. The molecule has 0 aliphatic carbocycles. The summed E-state index contributed by atoms with van der Waals surface area (Å²) in [6, 6.07) is 3.35. The third-order valence-corrected chi connectivity index (χ3v) is 5.99. The topological polar surface area (TPSA) is 127 Å². The Balaban J connectivity index is 2.17. The molecule has 2 fully saturated rings. The van der Waals surface area contributed by atoms with Gasteiger partial charge in [-0.2, -0.15) is 0 Å². The van der Waals surface area contributed by atoms with Crippen molar-refractivity contribution in [3.8, 4) is 11.5 Å². The molecule has 4 N–H and O–H groups in total. The highest BCUT2D eigenvalue weighted by atomic mass is 16.4. The van der Waals surface area contributed by atoms with Gasteiger partial charge >= 0.3 is 5.97 Å². The van der Waals surface area contributed by atoms with Gasteiger partial charge in [0.15, 0.2) is 11.5 Å². The maximum Gasteiger partial charge on any atom is 0.324 e. The number of aromatic hydroxyl groups is 2. The zero-order chi connectivity index (χ0) is 21.7. The maximum atomic E-state index is 13.3. The van der Waals surface area contributed by atoms with Crippen molar-refractivity contribution in [1.29, 1.82) is 0 Å². The number of fused-ring (bicyclic) bond motifs is 1. The molecule has 8 heteroatoms. The van der Waals surface area contributed by atoms with Crippen LogP contribution >= 0.6 is 0 Å². The number of unbranched alkanes of at least 4 members (excludes halogenated alkanes) is 1. The van der Waals surface area contributed by atoms with Crippen LogP contribution in [-0.4, -0.2) is 49.1 Å². The number of phenolic OH excluding ortho intramolecular Hbond substituents is 2. The summed E-state index contributed by atoms with van der Waals surface area (Å²) in [4.78, 5) is 40.3. The summed E-state index contributed by atoms with van der Waals surface area (Å²) < 4.78 is 0. The summed E-state index contributed by atoms with van der Waals surface area (Å²) in [5, 5.41) is 32.8. The lowest BCUT2D eigenvalue weighted by molar-refractivity contribution is -0.154. The van der Waals surface area contributed by atoms with Crippen molar-refractivity contribution in [3.63, 3.8) is 0 Å². The fraction of sp³-hybridized carbons (Fsp3) is 0.571. The molecule has 2 amide bonds. The molecule has 0 radical (unpaired) electrons. The number of likely N-dealkylation sites (tertiary alicyclic amines) is 1. The van der Waals surface area contributed by atoms with E-state index in [2.05, 4.69) is 5.32 Å². The third-order valence-electron chi connectivity index (χ3n) is 5.99. The van der Waals surface area contributed by atoms with Crippen molar-refractivity contribution in [3.05, 3.63) is 23.8 Å². The first-order valence-corrected chi connectivity index (χ1v) is 9.86. The Hall–Kier alpha value is -2.61.